The van der Waals surface area contributed by atoms with Gasteiger partial charge in [-0.2, -0.15) is 0 Å². The fourth-order valence-corrected chi connectivity index (χ4v) is 3.27. The van der Waals surface area contributed by atoms with Gasteiger partial charge in [-0.25, -0.2) is 0 Å². The monoisotopic (exact) mass is 285 g/mol. The number of hydrogen-bond acceptors (Lipinski definition) is 3. The second-order valence-electron chi connectivity index (χ2n) is 5.98. The van der Waals surface area contributed by atoms with E-state index >= 15 is 0 Å². The number of aryl methyl sites for hydroxylation is 1. The van der Waals surface area contributed by atoms with Crippen LogP contribution in [0.25, 0.3) is 0 Å². The lowest BCUT2D eigenvalue weighted by Gasteiger charge is -2.29. The van der Waals surface area contributed by atoms with E-state index in [4.69, 9.17) is 4.42 Å². The van der Waals surface area contributed by atoms with E-state index in [1.165, 1.54) is 24.0 Å². The molecule has 112 valence electrons. The van der Waals surface area contributed by atoms with Crippen LogP contribution in [0.3, 0.4) is 0 Å². The van der Waals surface area contributed by atoms with Gasteiger partial charge in [0.05, 0.1) is 6.26 Å². The molecule has 1 aromatic carbocycles. The van der Waals surface area contributed by atoms with Crippen LogP contribution in [0.5, 0.6) is 0 Å². The van der Waals surface area contributed by atoms with Crippen molar-refractivity contribution in [1.82, 2.24) is 5.32 Å². The third kappa shape index (κ3) is 3.36. The summed E-state index contributed by atoms with van der Waals surface area (Å²) in [4.78, 5) is 0. The first-order valence-electron chi connectivity index (χ1n) is 7.79. The van der Waals surface area contributed by atoms with Crippen molar-refractivity contribution in [2.45, 2.75) is 50.8 Å². The maximum absolute atomic E-state index is 10.2. The Bertz CT molecular complexity index is 564. The summed E-state index contributed by atoms with van der Waals surface area (Å²) in [5.41, 5.74) is 2.88. The second-order valence-corrected chi connectivity index (χ2v) is 5.98. The predicted molar refractivity (Wildman–Crippen MR) is 83.0 cm³/mol. The summed E-state index contributed by atoms with van der Waals surface area (Å²) < 4.78 is 5.26. The largest absolute Gasteiger partial charge is 0.467 e. The molecule has 2 N–H and O–H groups in total. The summed E-state index contributed by atoms with van der Waals surface area (Å²) in [7, 11) is 0. The van der Waals surface area contributed by atoms with Crippen molar-refractivity contribution in [2.75, 3.05) is 0 Å². The zero-order valence-corrected chi connectivity index (χ0v) is 12.5. The van der Waals surface area contributed by atoms with Crippen LogP contribution in [-0.4, -0.2) is 11.1 Å². The molecule has 2 aromatic rings. The Kier molecular flexibility index (Phi) is 4.42. The van der Waals surface area contributed by atoms with Crippen LogP contribution in [-0.2, 0) is 6.42 Å². The molecule has 0 saturated carbocycles. The van der Waals surface area contributed by atoms with Crippen LogP contribution in [0.15, 0.2) is 47.1 Å². The van der Waals surface area contributed by atoms with Crippen LogP contribution in [0.2, 0.25) is 0 Å². The van der Waals surface area contributed by atoms with E-state index in [2.05, 4.69) is 36.5 Å². The summed E-state index contributed by atoms with van der Waals surface area (Å²) >= 11 is 0. The van der Waals surface area contributed by atoms with Crippen molar-refractivity contribution in [3.05, 3.63) is 59.5 Å². The zero-order valence-electron chi connectivity index (χ0n) is 12.5. The van der Waals surface area contributed by atoms with Gasteiger partial charge in [-0.05, 0) is 55.9 Å². The van der Waals surface area contributed by atoms with E-state index in [0.717, 1.165) is 6.42 Å². The molecule has 1 aromatic heterocycles. The van der Waals surface area contributed by atoms with Crippen molar-refractivity contribution >= 4 is 0 Å². The Morgan fingerprint density at radius 2 is 2.14 bits per heavy atom. The highest BCUT2D eigenvalue weighted by Crippen LogP contribution is 2.30. The van der Waals surface area contributed by atoms with Crippen molar-refractivity contribution in [1.29, 1.82) is 0 Å². The minimum absolute atomic E-state index is 0.237. The van der Waals surface area contributed by atoms with Gasteiger partial charge in [0.2, 0.25) is 0 Å². The van der Waals surface area contributed by atoms with Crippen LogP contribution in [0.1, 0.15) is 55.2 Å². The average Bonchev–Trinajstić information content (AvgIpc) is 3.02. The zero-order chi connectivity index (χ0) is 14.7. The molecule has 3 unspecified atom stereocenters. The fourth-order valence-electron chi connectivity index (χ4n) is 3.27. The summed E-state index contributed by atoms with van der Waals surface area (Å²) in [6.45, 7) is 2.13. The molecule has 1 heterocycles. The quantitative estimate of drug-likeness (QED) is 0.879. The molecule has 0 radical (unpaired) electrons. The molecule has 0 amide bonds. The average molecular weight is 285 g/mol. The standard InChI is InChI=1S/C18H23NO2/c1-13(12-17(20)18-10-5-11-21-18)19-16-9-4-7-14-6-2-3-8-15(14)16/h2-3,5-6,8,10-11,13,16-17,19-20H,4,7,9,12H2,1H3. The van der Waals surface area contributed by atoms with Gasteiger partial charge >= 0.3 is 0 Å². The molecule has 3 atom stereocenters. The van der Waals surface area contributed by atoms with Gasteiger partial charge in [0.25, 0.3) is 0 Å². The summed E-state index contributed by atoms with van der Waals surface area (Å²) in [5.74, 6) is 0.646. The third-order valence-corrected chi connectivity index (χ3v) is 4.30. The smallest absolute Gasteiger partial charge is 0.132 e. The van der Waals surface area contributed by atoms with Crippen LogP contribution in [0.4, 0.5) is 0 Å². The SMILES string of the molecule is CC(CC(O)c1ccco1)NC1CCCc2ccccc21. The fraction of sp³-hybridized carbons (Fsp3) is 0.444. The van der Waals surface area contributed by atoms with Crippen LogP contribution < -0.4 is 5.32 Å². The molecule has 0 spiro atoms. The topological polar surface area (TPSA) is 45.4 Å². The Hall–Kier alpha value is -1.58. The minimum Gasteiger partial charge on any atom is -0.467 e. The van der Waals surface area contributed by atoms with Gasteiger partial charge in [0.1, 0.15) is 11.9 Å². The maximum atomic E-state index is 10.2. The Labute approximate surface area is 126 Å². The lowest BCUT2D eigenvalue weighted by molar-refractivity contribution is 0.126. The second kappa shape index (κ2) is 6.46. The van der Waals surface area contributed by atoms with E-state index < -0.39 is 6.10 Å². The summed E-state index contributed by atoms with van der Waals surface area (Å²) in [6.07, 6.45) is 5.29. The molecule has 1 aliphatic carbocycles. The first-order valence-corrected chi connectivity index (χ1v) is 7.79. The van der Waals surface area contributed by atoms with Crippen molar-refractivity contribution < 1.29 is 9.52 Å². The lowest BCUT2D eigenvalue weighted by atomic mass is 9.87. The van der Waals surface area contributed by atoms with Gasteiger partial charge in [-0.3, -0.25) is 0 Å². The van der Waals surface area contributed by atoms with Crippen molar-refractivity contribution in [2.24, 2.45) is 0 Å². The highest BCUT2D eigenvalue weighted by Gasteiger charge is 2.22. The lowest BCUT2D eigenvalue weighted by Crippen LogP contribution is -2.33. The van der Waals surface area contributed by atoms with Crippen LogP contribution in [0, 0.1) is 0 Å². The minimum atomic E-state index is -0.540. The third-order valence-electron chi connectivity index (χ3n) is 4.30. The summed E-state index contributed by atoms with van der Waals surface area (Å²) in [5, 5.41) is 13.8. The number of rotatable bonds is 5. The molecule has 1 aliphatic rings. The maximum Gasteiger partial charge on any atom is 0.132 e. The molecule has 3 heteroatoms. The highest BCUT2D eigenvalue weighted by molar-refractivity contribution is 5.32. The number of benzene rings is 1. The van der Waals surface area contributed by atoms with E-state index in [1.807, 2.05) is 12.1 Å². The molecule has 0 saturated heterocycles. The number of fused-ring (bicyclic) bond motifs is 1. The highest BCUT2D eigenvalue weighted by atomic mass is 16.4. The van der Waals surface area contributed by atoms with Gasteiger partial charge < -0.3 is 14.8 Å². The number of hydrogen-bond donors (Lipinski definition) is 2. The van der Waals surface area contributed by atoms with Gasteiger partial charge in [-0.1, -0.05) is 24.3 Å². The number of furan rings is 1. The van der Waals surface area contributed by atoms with E-state index in [0.29, 0.717) is 18.2 Å². The predicted octanol–water partition coefficient (Wildman–Crippen LogP) is 3.76. The molecule has 0 aliphatic heterocycles. The molecule has 0 fully saturated rings. The van der Waals surface area contributed by atoms with Gasteiger partial charge in [0.15, 0.2) is 0 Å². The summed E-state index contributed by atoms with van der Waals surface area (Å²) in [6, 6.07) is 13.0. The molecule has 3 rings (SSSR count). The van der Waals surface area contributed by atoms with Gasteiger partial charge in [-0.15, -0.1) is 0 Å². The van der Waals surface area contributed by atoms with Crippen molar-refractivity contribution in [3.8, 4) is 0 Å². The van der Waals surface area contributed by atoms with Crippen LogP contribution >= 0.6 is 0 Å². The molecular formula is C18H23NO2. The number of nitrogens with one attached hydrogen (secondary N) is 1. The Balaban J connectivity index is 1.62. The first kappa shape index (κ1) is 14.4. The Morgan fingerprint density at radius 1 is 1.29 bits per heavy atom. The van der Waals surface area contributed by atoms with Gasteiger partial charge in [0, 0.05) is 12.1 Å². The molecular weight excluding hydrogens is 262 g/mol. The van der Waals surface area contributed by atoms with E-state index in [1.54, 1.807) is 6.26 Å². The molecule has 21 heavy (non-hydrogen) atoms. The number of aliphatic hydroxyl groups excluding tert-OH is 1. The van der Waals surface area contributed by atoms with E-state index in [9.17, 15) is 5.11 Å². The number of aliphatic hydroxyl groups is 1. The Morgan fingerprint density at radius 3 is 2.95 bits per heavy atom. The van der Waals surface area contributed by atoms with E-state index in [-0.39, 0.29) is 6.04 Å². The first-order chi connectivity index (χ1) is 10.2. The molecule has 3 nitrogen and oxygen atoms in total. The normalized spacial score (nSPS) is 20.8. The molecule has 0 bridgehead atoms. The van der Waals surface area contributed by atoms with Crippen molar-refractivity contribution in [3.63, 3.8) is 0 Å².